The quantitative estimate of drug-likeness (QED) is 0.531. The molecule has 1 aliphatic rings. The summed E-state index contributed by atoms with van der Waals surface area (Å²) in [5, 5.41) is 3.00. The molecule has 2 atom stereocenters. The van der Waals surface area contributed by atoms with Crippen LogP contribution in [0.15, 0.2) is 30.3 Å². The van der Waals surface area contributed by atoms with Crippen LogP contribution in [0, 0.1) is 0 Å². The molecule has 2 aromatic rings. The molecule has 3 rings (SSSR count). The number of methoxy groups -OCH3 is 5. The zero-order valence-corrected chi connectivity index (χ0v) is 20.5. The SMILES string of the molecule is COCCCNC(=O)C1c2cc(OC)c(OC)cc2C(=O)N(C)C1c1ccc(OC)c(OC)c1. The third kappa shape index (κ3) is 4.75. The molecule has 184 valence electrons. The molecule has 0 saturated heterocycles. The fourth-order valence-corrected chi connectivity index (χ4v) is 4.32. The Bertz CT molecular complexity index is 1040. The van der Waals surface area contributed by atoms with Gasteiger partial charge in [-0.15, -0.1) is 0 Å². The Kier molecular flexibility index (Phi) is 8.22. The summed E-state index contributed by atoms with van der Waals surface area (Å²) >= 11 is 0. The number of amides is 2. The highest BCUT2D eigenvalue weighted by Gasteiger charge is 2.43. The number of hydrogen-bond donors (Lipinski definition) is 1. The minimum Gasteiger partial charge on any atom is -0.493 e. The van der Waals surface area contributed by atoms with Crippen molar-refractivity contribution in [3.8, 4) is 23.0 Å². The summed E-state index contributed by atoms with van der Waals surface area (Å²) in [7, 11) is 9.44. The smallest absolute Gasteiger partial charge is 0.254 e. The van der Waals surface area contributed by atoms with E-state index in [0.29, 0.717) is 53.7 Å². The fourth-order valence-electron chi connectivity index (χ4n) is 4.32. The highest BCUT2D eigenvalue weighted by molar-refractivity contribution is 6.02. The van der Waals surface area contributed by atoms with Crippen molar-refractivity contribution < 1.29 is 33.3 Å². The Balaban J connectivity index is 2.15. The molecule has 1 aliphatic heterocycles. The van der Waals surface area contributed by atoms with Crippen LogP contribution < -0.4 is 24.3 Å². The van der Waals surface area contributed by atoms with E-state index in [2.05, 4.69) is 5.32 Å². The zero-order chi connectivity index (χ0) is 24.8. The van der Waals surface area contributed by atoms with E-state index in [-0.39, 0.29) is 11.8 Å². The van der Waals surface area contributed by atoms with E-state index in [1.54, 1.807) is 57.5 Å². The second-order valence-electron chi connectivity index (χ2n) is 7.88. The Labute approximate surface area is 199 Å². The van der Waals surface area contributed by atoms with Crippen molar-refractivity contribution in [2.45, 2.75) is 18.4 Å². The van der Waals surface area contributed by atoms with Crippen LogP contribution in [0.25, 0.3) is 0 Å². The van der Waals surface area contributed by atoms with Gasteiger partial charge in [-0.2, -0.15) is 0 Å². The maximum Gasteiger partial charge on any atom is 0.254 e. The van der Waals surface area contributed by atoms with Crippen LogP contribution in [0.3, 0.4) is 0 Å². The molecule has 2 amide bonds. The second-order valence-corrected chi connectivity index (χ2v) is 7.88. The van der Waals surface area contributed by atoms with E-state index >= 15 is 0 Å². The molecule has 0 radical (unpaired) electrons. The summed E-state index contributed by atoms with van der Waals surface area (Å²) in [4.78, 5) is 28.6. The number of nitrogens with one attached hydrogen (secondary N) is 1. The van der Waals surface area contributed by atoms with Crippen molar-refractivity contribution in [1.29, 1.82) is 0 Å². The van der Waals surface area contributed by atoms with Crippen LogP contribution in [-0.2, 0) is 9.53 Å². The number of fused-ring (bicyclic) bond motifs is 1. The fraction of sp³-hybridized carbons (Fsp3) is 0.440. The van der Waals surface area contributed by atoms with Crippen LogP contribution in [0.2, 0.25) is 0 Å². The van der Waals surface area contributed by atoms with Gasteiger partial charge in [0.2, 0.25) is 5.91 Å². The van der Waals surface area contributed by atoms with Gasteiger partial charge in [-0.05, 0) is 41.8 Å². The number of nitrogens with zero attached hydrogens (tertiary/aromatic N) is 1. The lowest BCUT2D eigenvalue weighted by atomic mass is 9.79. The van der Waals surface area contributed by atoms with E-state index in [9.17, 15) is 9.59 Å². The molecule has 0 aliphatic carbocycles. The van der Waals surface area contributed by atoms with Gasteiger partial charge in [0.05, 0.1) is 40.4 Å². The van der Waals surface area contributed by atoms with Crippen LogP contribution >= 0.6 is 0 Å². The zero-order valence-electron chi connectivity index (χ0n) is 20.5. The van der Waals surface area contributed by atoms with Crippen molar-refractivity contribution >= 4 is 11.8 Å². The monoisotopic (exact) mass is 472 g/mol. The minimum atomic E-state index is -0.696. The molecule has 0 saturated carbocycles. The van der Waals surface area contributed by atoms with Crippen molar-refractivity contribution in [2.75, 3.05) is 55.7 Å². The van der Waals surface area contributed by atoms with Gasteiger partial charge < -0.3 is 33.9 Å². The van der Waals surface area contributed by atoms with Crippen LogP contribution in [0.5, 0.6) is 23.0 Å². The first-order valence-corrected chi connectivity index (χ1v) is 10.9. The summed E-state index contributed by atoms with van der Waals surface area (Å²) in [6.07, 6.45) is 0.670. The summed E-state index contributed by atoms with van der Waals surface area (Å²) in [5.41, 5.74) is 1.71. The van der Waals surface area contributed by atoms with Gasteiger partial charge in [0.15, 0.2) is 23.0 Å². The highest BCUT2D eigenvalue weighted by Crippen LogP contribution is 2.46. The molecule has 0 aromatic heterocycles. The summed E-state index contributed by atoms with van der Waals surface area (Å²) < 4.78 is 26.8. The molecule has 9 nitrogen and oxygen atoms in total. The van der Waals surface area contributed by atoms with Crippen molar-refractivity contribution in [2.24, 2.45) is 0 Å². The molecule has 1 heterocycles. The Morgan fingerprint density at radius 3 is 2.15 bits per heavy atom. The predicted octanol–water partition coefficient (Wildman–Crippen LogP) is 2.78. The largest absolute Gasteiger partial charge is 0.493 e. The molecule has 2 unspecified atom stereocenters. The van der Waals surface area contributed by atoms with E-state index < -0.39 is 12.0 Å². The summed E-state index contributed by atoms with van der Waals surface area (Å²) in [6.45, 7) is 0.978. The lowest BCUT2D eigenvalue weighted by molar-refractivity contribution is -0.124. The second kappa shape index (κ2) is 11.1. The summed E-state index contributed by atoms with van der Waals surface area (Å²) in [6, 6.07) is 8.16. The number of carbonyl (C=O) groups excluding carboxylic acids is 2. The molecule has 1 N–H and O–H groups in total. The van der Waals surface area contributed by atoms with E-state index in [1.165, 1.54) is 14.2 Å². The molecular formula is C25H32N2O7. The Morgan fingerprint density at radius 1 is 0.912 bits per heavy atom. The van der Waals surface area contributed by atoms with Crippen molar-refractivity contribution in [3.63, 3.8) is 0 Å². The molecular weight excluding hydrogens is 440 g/mol. The highest BCUT2D eigenvalue weighted by atomic mass is 16.5. The van der Waals surface area contributed by atoms with E-state index in [4.69, 9.17) is 23.7 Å². The van der Waals surface area contributed by atoms with Crippen molar-refractivity contribution in [3.05, 3.63) is 47.0 Å². The first-order valence-electron chi connectivity index (χ1n) is 10.9. The van der Waals surface area contributed by atoms with E-state index in [0.717, 1.165) is 5.56 Å². The lowest BCUT2D eigenvalue weighted by Crippen LogP contribution is -2.46. The van der Waals surface area contributed by atoms with Crippen LogP contribution in [0.1, 0.15) is 39.9 Å². The normalized spacial score (nSPS) is 17.1. The Hall–Kier alpha value is -3.46. The first kappa shape index (κ1) is 25.2. The molecule has 9 heteroatoms. The van der Waals surface area contributed by atoms with Gasteiger partial charge in [0.25, 0.3) is 5.91 Å². The van der Waals surface area contributed by atoms with Crippen LogP contribution in [0.4, 0.5) is 0 Å². The van der Waals surface area contributed by atoms with Gasteiger partial charge in [-0.1, -0.05) is 6.07 Å². The number of rotatable bonds is 10. The van der Waals surface area contributed by atoms with E-state index in [1.807, 2.05) is 6.07 Å². The third-order valence-corrected chi connectivity index (χ3v) is 6.03. The maximum absolute atomic E-state index is 13.6. The maximum atomic E-state index is 13.6. The average molecular weight is 473 g/mol. The lowest BCUT2D eigenvalue weighted by Gasteiger charge is -2.40. The van der Waals surface area contributed by atoms with Gasteiger partial charge >= 0.3 is 0 Å². The summed E-state index contributed by atoms with van der Waals surface area (Å²) in [5.74, 6) is 0.816. The molecule has 0 spiro atoms. The minimum absolute atomic E-state index is 0.205. The number of carbonyl (C=O) groups is 2. The predicted molar refractivity (Wildman–Crippen MR) is 126 cm³/mol. The van der Waals surface area contributed by atoms with Crippen molar-refractivity contribution in [1.82, 2.24) is 10.2 Å². The van der Waals surface area contributed by atoms with Gasteiger partial charge in [0, 0.05) is 32.9 Å². The molecule has 0 fully saturated rings. The molecule has 0 bridgehead atoms. The third-order valence-electron chi connectivity index (χ3n) is 6.03. The Morgan fingerprint density at radius 2 is 1.53 bits per heavy atom. The number of likely N-dealkylation sites (N-methyl/N-ethyl adjacent to an activating group) is 1. The van der Waals surface area contributed by atoms with Gasteiger partial charge in [-0.3, -0.25) is 9.59 Å². The van der Waals surface area contributed by atoms with Gasteiger partial charge in [0.1, 0.15) is 0 Å². The number of benzene rings is 2. The first-order chi connectivity index (χ1) is 16.4. The average Bonchev–Trinajstić information content (AvgIpc) is 2.87. The standard InChI is InChI=1S/C25H32N2O7/c1-27-23(15-8-9-18(31-3)19(12-15)32-4)22(24(28)26-10-7-11-30-2)16-13-20(33-5)21(34-6)14-17(16)25(27)29/h8-9,12-14,22-23H,7,10-11H2,1-6H3,(H,26,28). The van der Waals surface area contributed by atoms with Crippen LogP contribution in [-0.4, -0.2) is 72.5 Å². The molecule has 34 heavy (non-hydrogen) atoms. The number of ether oxygens (including phenoxy) is 5. The number of hydrogen-bond acceptors (Lipinski definition) is 7. The topological polar surface area (TPSA) is 95.6 Å². The molecule has 2 aromatic carbocycles. The van der Waals surface area contributed by atoms with Gasteiger partial charge in [-0.25, -0.2) is 0 Å².